The van der Waals surface area contributed by atoms with E-state index in [2.05, 4.69) is 113 Å². The molecule has 0 unspecified atom stereocenters. The van der Waals surface area contributed by atoms with Gasteiger partial charge in [0.05, 0.1) is 39.1 Å². The Balaban J connectivity index is 0.941. The minimum Gasteiger partial charge on any atom is -0.374 e. The van der Waals surface area contributed by atoms with Crippen LogP contribution in [0.2, 0.25) is 0 Å². The lowest BCUT2D eigenvalue weighted by Crippen LogP contribution is -2.62. The van der Waals surface area contributed by atoms with Crippen LogP contribution in [-0.2, 0) is 54.8 Å². The third kappa shape index (κ3) is 9.24. The molecule has 2 aliphatic heterocycles. The van der Waals surface area contributed by atoms with Gasteiger partial charge in [-0.15, -0.1) is 0 Å². The predicted molar refractivity (Wildman–Crippen MR) is 241 cm³/mol. The van der Waals surface area contributed by atoms with Gasteiger partial charge in [-0.05, 0) is 120 Å². The largest absolute Gasteiger partial charge is 0.374 e. The van der Waals surface area contributed by atoms with Gasteiger partial charge in [-0.1, -0.05) is 150 Å². The molecule has 6 heteroatoms. The zero-order chi connectivity index (χ0) is 42.0. The summed E-state index contributed by atoms with van der Waals surface area (Å²) in [5, 5.41) is 0. The highest BCUT2D eigenvalue weighted by atomic mass is 16.7. The van der Waals surface area contributed by atoms with Crippen LogP contribution in [0.4, 0.5) is 0 Å². The van der Waals surface area contributed by atoms with Crippen molar-refractivity contribution in [1.82, 2.24) is 0 Å². The number of ether oxygens (including phenoxy) is 6. The molecule has 3 aromatic carbocycles. The van der Waals surface area contributed by atoms with Gasteiger partial charge in [0.2, 0.25) is 0 Å². The van der Waals surface area contributed by atoms with E-state index in [0.29, 0.717) is 38.4 Å². The van der Waals surface area contributed by atoms with Gasteiger partial charge in [0.1, 0.15) is 24.4 Å². The molecule has 2 bridgehead atoms. The molecule has 0 aromatic heterocycles. The van der Waals surface area contributed by atoms with Crippen LogP contribution >= 0.6 is 0 Å². The van der Waals surface area contributed by atoms with Crippen LogP contribution < -0.4 is 0 Å². The second-order valence-electron chi connectivity index (χ2n) is 20.9. The average Bonchev–Trinajstić information content (AvgIpc) is 3.63. The maximum atomic E-state index is 7.24. The van der Waals surface area contributed by atoms with E-state index in [4.69, 9.17) is 28.4 Å². The van der Waals surface area contributed by atoms with E-state index >= 15 is 0 Å². The van der Waals surface area contributed by atoms with E-state index in [1.807, 2.05) is 12.1 Å². The van der Waals surface area contributed by atoms with Crippen LogP contribution in [0.3, 0.4) is 0 Å². The minimum absolute atomic E-state index is 0.0396. The van der Waals surface area contributed by atoms with Gasteiger partial charge in [-0.2, -0.15) is 0 Å². The van der Waals surface area contributed by atoms with Gasteiger partial charge < -0.3 is 28.4 Å². The first kappa shape index (κ1) is 43.4. The fraction of sp³-hybridized carbons (Fsp3) is 0.636. The highest BCUT2D eigenvalue weighted by molar-refractivity contribution is 5.27. The molecule has 330 valence electrons. The molecule has 0 amide bonds. The predicted octanol–water partition coefficient (Wildman–Crippen LogP) is 12.4. The number of hydrogen-bond donors (Lipinski definition) is 0. The third-order valence-electron chi connectivity index (χ3n) is 16.8. The lowest BCUT2D eigenvalue weighted by molar-refractivity contribution is -0.338. The highest BCUT2D eigenvalue weighted by Gasteiger charge is 2.59. The molecule has 6 nitrogen and oxygen atoms in total. The van der Waals surface area contributed by atoms with E-state index < -0.39 is 30.7 Å². The van der Waals surface area contributed by atoms with Gasteiger partial charge >= 0.3 is 0 Å². The van der Waals surface area contributed by atoms with Crippen molar-refractivity contribution < 1.29 is 28.4 Å². The average molecular weight is 831 g/mol. The molecule has 0 N–H and O–H groups in total. The summed E-state index contributed by atoms with van der Waals surface area (Å²) in [5.41, 5.74) is 6.83. The summed E-state index contributed by atoms with van der Waals surface area (Å²) < 4.78 is 41.5. The molecule has 0 radical (unpaired) electrons. The van der Waals surface area contributed by atoms with Crippen molar-refractivity contribution >= 4 is 0 Å². The van der Waals surface area contributed by atoms with Crippen LogP contribution in [0.5, 0.6) is 0 Å². The summed E-state index contributed by atoms with van der Waals surface area (Å²) in [6, 6.07) is 29.2. The quantitative estimate of drug-likeness (QED) is 0.160. The van der Waals surface area contributed by atoms with Crippen LogP contribution in [0.1, 0.15) is 128 Å². The molecular weight excluding hydrogens is 757 g/mol. The Bertz CT molecular complexity index is 1900. The van der Waals surface area contributed by atoms with Gasteiger partial charge in [0.25, 0.3) is 0 Å². The summed E-state index contributed by atoms with van der Waals surface area (Å²) >= 11 is 0. The summed E-state index contributed by atoms with van der Waals surface area (Å²) in [6.45, 7) is 14.8. The first-order valence-corrected chi connectivity index (χ1v) is 24.3. The Labute approximate surface area is 367 Å². The summed E-state index contributed by atoms with van der Waals surface area (Å²) in [7, 11) is 0. The molecule has 3 aromatic rings. The van der Waals surface area contributed by atoms with Gasteiger partial charge in [-0.25, -0.2) is 0 Å². The zero-order valence-corrected chi connectivity index (χ0v) is 37.9. The van der Waals surface area contributed by atoms with Crippen LogP contribution in [0.15, 0.2) is 96.6 Å². The van der Waals surface area contributed by atoms with Crippen molar-refractivity contribution in [3.8, 4) is 0 Å². The SMILES string of the molecule is CC(C)CCC[C@@H](C)[C@H]1CC[C@H]2[C@@H]3CC=C4C[C@@H](O[C@@H]5O[C@@H]6COCc7ccccc7CO[C@H]([C@H]5OCc5ccccc5)[C@@H]6OCc5ccccc5)CC[C@]4(C)[C@H]3CC[C@]12C. The molecule has 13 atom stereocenters. The first-order chi connectivity index (χ1) is 29.7. The maximum absolute atomic E-state index is 7.24. The highest BCUT2D eigenvalue weighted by Crippen LogP contribution is 2.67. The number of rotatable bonds is 13. The van der Waals surface area contributed by atoms with Crippen molar-refractivity contribution in [1.29, 1.82) is 0 Å². The Morgan fingerprint density at radius 2 is 1.41 bits per heavy atom. The molecular formula is C55H74O6. The molecule has 1 saturated heterocycles. The zero-order valence-electron chi connectivity index (χ0n) is 37.9. The number of benzene rings is 3. The lowest BCUT2D eigenvalue weighted by atomic mass is 9.47. The third-order valence-corrected chi connectivity index (χ3v) is 16.8. The van der Waals surface area contributed by atoms with Crippen LogP contribution in [0.25, 0.3) is 0 Å². The summed E-state index contributed by atoms with van der Waals surface area (Å²) in [4.78, 5) is 0. The van der Waals surface area contributed by atoms with E-state index in [0.717, 1.165) is 77.0 Å². The smallest absolute Gasteiger partial charge is 0.187 e. The molecule has 6 aliphatic rings. The van der Waals surface area contributed by atoms with E-state index in [1.54, 1.807) is 5.57 Å². The van der Waals surface area contributed by atoms with Crippen LogP contribution in [-0.4, -0.2) is 43.4 Å². The Morgan fingerprint density at radius 3 is 2.13 bits per heavy atom. The monoisotopic (exact) mass is 831 g/mol. The lowest BCUT2D eigenvalue weighted by Gasteiger charge is -2.58. The summed E-state index contributed by atoms with van der Waals surface area (Å²) in [5.74, 6) is 4.97. The molecule has 61 heavy (non-hydrogen) atoms. The second kappa shape index (κ2) is 19.1. The van der Waals surface area contributed by atoms with E-state index in [1.165, 1.54) is 51.4 Å². The minimum atomic E-state index is -0.631. The van der Waals surface area contributed by atoms with Gasteiger partial charge in [0, 0.05) is 0 Å². The standard InChI is InChI=1S/C55H74O6/c1-37(2)15-14-16-38(3)46-25-26-47-45-24-23-43-31-44(27-29-54(43,4)48(45)28-30-55(46,47)5)60-53-52(58-33-40-19-10-7-11-20-40)51-50(57-32-39-17-8-6-9-18-39)49(61-53)36-56-34-41-21-12-13-22-42(41)35-59-51/h6-13,17-23,37-38,44-53H,14-16,24-36H2,1-5H3/t38-,44+,45+,46-,47+,48+,49-,50-,51+,52-,53-,54+,55-/m1/s1. The second-order valence-corrected chi connectivity index (χ2v) is 20.9. The van der Waals surface area contributed by atoms with E-state index in [9.17, 15) is 0 Å². The van der Waals surface area contributed by atoms with Gasteiger partial charge in [-0.3, -0.25) is 0 Å². The molecule has 9 rings (SSSR count). The maximum Gasteiger partial charge on any atom is 0.187 e. The van der Waals surface area contributed by atoms with Crippen molar-refractivity contribution in [2.24, 2.45) is 46.3 Å². The van der Waals surface area contributed by atoms with E-state index in [-0.39, 0.29) is 11.5 Å². The summed E-state index contributed by atoms with van der Waals surface area (Å²) in [6.07, 6.45) is 14.5. The van der Waals surface area contributed by atoms with Crippen molar-refractivity contribution in [2.75, 3.05) is 6.61 Å². The number of allylic oxidation sites excluding steroid dienone is 1. The fourth-order valence-corrected chi connectivity index (χ4v) is 13.5. The van der Waals surface area contributed by atoms with Gasteiger partial charge in [0.15, 0.2) is 6.29 Å². The number of hydrogen-bond acceptors (Lipinski definition) is 6. The molecule has 3 saturated carbocycles. The van der Waals surface area contributed by atoms with Crippen molar-refractivity contribution in [2.45, 2.75) is 168 Å². The Morgan fingerprint density at radius 1 is 0.721 bits per heavy atom. The first-order valence-electron chi connectivity index (χ1n) is 24.3. The molecule has 0 spiro atoms. The van der Waals surface area contributed by atoms with Crippen molar-refractivity contribution in [3.63, 3.8) is 0 Å². The topological polar surface area (TPSA) is 55.4 Å². The molecule has 2 heterocycles. The Hall–Kier alpha value is -2.84. The Kier molecular flexibility index (Phi) is 13.6. The number of fused-ring (bicyclic) bond motifs is 8. The molecule has 4 aliphatic carbocycles. The molecule has 4 fully saturated rings. The van der Waals surface area contributed by atoms with Crippen LogP contribution in [0, 0.1) is 46.3 Å². The fourth-order valence-electron chi connectivity index (χ4n) is 13.5. The normalized spacial score (nSPS) is 36.5. The van der Waals surface area contributed by atoms with Crippen molar-refractivity contribution in [3.05, 3.63) is 119 Å².